The Bertz CT molecular complexity index is 1330. The van der Waals surface area contributed by atoms with Gasteiger partial charge in [-0.2, -0.15) is 0 Å². The average molecular weight is 589 g/mol. The molecule has 0 amide bonds. The average Bonchev–Trinajstić information content (AvgIpc) is 3.37. The summed E-state index contributed by atoms with van der Waals surface area (Å²) in [7, 11) is 0. The first kappa shape index (κ1) is 28.6. The lowest BCUT2D eigenvalue weighted by Gasteiger charge is -2.28. The van der Waals surface area contributed by atoms with Gasteiger partial charge >= 0.3 is 12.6 Å². The molecule has 0 saturated carbocycles. The molecule has 0 spiro atoms. The van der Waals surface area contributed by atoms with E-state index < -0.39 is 48.8 Å². The fraction of sp³-hybridized carbons (Fsp3) is 0.455. The first-order valence-electron chi connectivity index (χ1n) is 11.5. The van der Waals surface area contributed by atoms with Crippen molar-refractivity contribution >= 4 is 53.0 Å². The van der Waals surface area contributed by atoms with E-state index in [2.05, 4.69) is 20.0 Å². The number of nitrogen functional groups attached to an aromatic ring is 1. The fourth-order valence-electron chi connectivity index (χ4n) is 3.65. The molecule has 1 aliphatic rings. The van der Waals surface area contributed by atoms with Gasteiger partial charge in [-0.1, -0.05) is 29.8 Å². The van der Waals surface area contributed by atoms with Crippen LogP contribution in [0.3, 0.4) is 0 Å². The Morgan fingerprint density at radius 3 is 2.74 bits per heavy atom. The normalized spacial score (nSPS) is 25.8. The summed E-state index contributed by atoms with van der Waals surface area (Å²) in [5.74, 6) is -0.109. The van der Waals surface area contributed by atoms with Crippen LogP contribution in [0.25, 0.3) is 11.2 Å². The van der Waals surface area contributed by atoms with Gasteiger partial charge in [0.1, 0.15) is 35.8 Å². The molecule has 2 aromatic heterocycles. The number of carbonyl (C=O) groups excluding carboxylic acids is 1. The van der Waals surface area contributed by atoms with E-state index in [1.54, 1.807) is 51.1 Å². The van der Waals surface area contributed by atoms with Crippen LogP contribution >= 0.6 is 18.2 Å². The van der Waals surface area contributed by atoms with Crippen molar-refractivity contribution in [3.63, 3.8) is 0 Å². The van der Waals surface area contributed by atoms with Gasteiger partial charge in [-0.05, 0) is 44.7 Å². The van der Waals surface area contributed by atoms with E-state index in [1.165, 1.54) is 17.2 Å². The molecule has 1 saturated heterocycles. The molecule has 3 heterocycles. The second-order valence-corrected chi connectivity index (χ2v) is 12.5. The lowest BCUT2D eigenvalue weighted by Crippen LogP contribution is -2.40. The Kier molecular flexibility index (Phi) is 8.52. The molecule has 0 bridgehead atoms. The first-order valence-corrected chi connectivity index (χ1v) is 14.5. The highest BCUT2D eigenvalue weighted by molar-refractivity contribution is 8.09. The zero-order valence-electron chi connectivity index (χ0n) is 20.6. The number of para-hydroxylation sites is 1. The molecule has 1 aliphatic heterocycles. The maximum Gasteiger partial charge on any atom is 0.323 e. The molecule has 4 rings (SSSR count). The molecule has 12 nitrogen and oxygen atoms in total. The summed E-state index contributed by atoms with van der Waals surface area (Å²) < 4.78 is 39.6. The van der Waals surface area contributed by atoms with E-state index >= 15 is 4.39 Å². The van der Waals surface area contributed by atoms with Crippen molar-refractivity contribution in [1.82, 2.24) is 24.6 Å². The van der Waals surface area contributed by atoms with Crippen molar-refractivity contribution in [2.75, 3.05) is 12.3 Å². The number of benzene rings is 1. The number of nitrogens with one attached hydrogen (secondary N) is 1. The Hall–Kier alpha value is -2.45. The lowest BCUT2D eigenvalue weighted by atomic mass is 10.1. The Morgan fingerprint density at radius 2 is 2.05 bits per heavy atom. The van der Waals surface area contributed by atoms with E-state index in [0.29, 0.717) is 5.75 Å². The second-order valence-electron chi connectivity index (χ2n) is 8.76. The molecule has 3 aromatic rings. The van der Waals surface area contributed by atoms with Crippen LogP contribution in [0, 0.1) is 0 Å². The number of esters is 1. The Morgan fingerprint density at radius 1 is 1.34 bits per heavy atom. The molecule has 0 unspecified atom stereocenters. The molecule has 1 fully saturated rings. The summed E-state index contributed by atoms with van der Waals surface area (Å²) in [5, 5.41) is 10.8. The van der Waals surface area contributed by atoms with E-state index in [4.69, 9.17) is 47.7 Å². The second kappa shape index (κ2) is 11.3. The highest BCUT2D eigenvalue weighted by Crippen LogP contribution is 2.49. The molecule has 4 N–H and O–H groups in total. The minimum atomic E-state index is -3.47. The molecule has 206 valence electrons. The number of halogens is 2. The van der Waals surface area contributed by atoms with Crippen molar-refractivity contribution in [2.45, 2.75) is 56.5 Å². The molecule has 0 aliphatic carbocycles. The standard InChI is InChI=1S/C22H27ClFN6O6PS/c1-12(2)34-20(32)13(3)29-37(38,36-14-7-5-4-6-8-14)33-9-15-17(31)22(23,24)21(35-15)30-11-28-16-18(25)26-10-27-19(16)30/h4-8,10-13,15,17,21,31H,9H2,1-3H3,(H,29,38)(H2,25,26,27)/t13-,15+,17+,21+,22-,37+/m0/s1. The smallest absolute Gasteiger partial charge is 0.323 e. The van der Waals surface area contributed by atoms with Gasteiger partial charge in [0.15, 0.2) is 17.7 Å². The minimum absolute atomic E-state index is 0.0844. The number of nitrogens with zero attached hydrogens (tertiary/aromatic N) is 4. The Balaban J connectivity index is 1.54. The van der Waals surface area contributed by atoms with Crippen molar-refractivity contribution in [3.8, 4) is 5.75 Å². The zero-order chi connectivity index (χ0) is 27.7. The highest BCUT2D eigenvalue weighted by atomic mass is 35.5. The van der Waals surface area contributed by atoms with Gasteiger partial charge in [0.2, 0.25) is 0 Å². The van der Waals surface area contributed by atoms with Crippen LogP contribution in [0.4, 0.5) is 10.2 Å². The van der Waals surface area contributed by atoms with E-state index in [-0.39, 0.29) is 23.1 Å². The number of aliphatic hydroxyl groups excluding tert-OH is 1. The van der Waals surface area contributed by atoms with Crippen LogP contribution in [0.1, 0.15) is 27.0 Å². The molecular weight excluding hydrogens is 562 g/mol. The predicted octanol–water partition coefficient (Wildman–Crippen LogP) is 2.82. The third kappa shape index (κ3) is 6.07. The monoisotopic (exact) mass is 588 g/mol. The van der Waals surface area contributed by atoms with Crippen molar-refractivity contribution in [2.24, 2.45) is 0 Å². The Labute approximate surface area is 227 Å². The van der Waals surface area contributed by atoms with Crippen molar-refractivity contribution in [3.05, 3.63) is 43.0 Å². The number of aliphatic hydroxyl groups is 1. The zero-order valence-corrected chi connectivity index (χ0v) is 23.1. The number of carbonyl (C=O) groups is 1. The van der Waals surface area contributed by atoms with Gasteiger partial charge in [-0.25, -0.2) is 24.4 Å². The highest BCUT2D eigenvalue weighted by Gasteiger charge is 2.58. The van der Waals surface area contributed by atoms with Crippen LogP contribution in [0.2, 0.25) is 0 Å². The number of rotatable bonds is 10. The first-order chi connectivity index (χ1) is 17.9. The maximum atomic E-state index is 15.6. The van der Waals surface area contributed by atoms with Gasteiger partial charge in [0.25, 0.3) is 5.13 Å². The van der Waals surface area contributed by atoms with E-state index in [9.17, 15) is 9.90 Å². The third-order valence-electron chi connectivity index (χ3n) is 5.45. The number of ether oxygens (including phenoxy) is 2. The summed E-state index contributed by atoms with van der Waals surface area (Å²) in [6.07, 6.45) is -2.58. The number of imidazole rings is 1. The minimum Gasteiger partial charge on any atom is -0.462 e. The SMILES string of the molecule is CC(C)OC(=O)[C@H](C)N[P@@](=S)(OC[C@H]1O[C@@H](n2cnc3c(N)ncnc32)[C@](F)(Cl)[C@@H]1O)Oc1ccccc1. The lowest BCUT2D eigenvalue weighted by molar-refractivity contribution is -0.149. The third-order valence-corrected chi connectivity index (χ3v) is 8.36. The van der Waals surface area contributed by atoms with Gasteiger partial charge in [-0.3, -0.25) is 9.36 Å². The molecule has 38 heavy (non-hydrogen) atoms. The van der Waals surface area contributed by atoms with Crippen LogP contribution in [-0.2, 0) is 30.6 Å². The number of nitrogens with two attached hydrogens (primary N) is 1. The summed E-state index contributed by atoms with van der Waals surface area (Å²) in [4.78, 5) is 24.4. The number of aromatic nitrogens is 4. The summed E-state index contributed by atoms with van der Waals surface area (Å²) in [6.45, 7) is 1.07. The molecule has 1 aromatic carbocycles. The number of anilines is 1. The van der Waals surface area contributed by atoms with E-state index in [1.807, 2.05) is 0 Å². The summed E-state index contributed by atoms with van der Waals surface area (Å²) in [6, 6.07) is 7.67. The predicted molar refractivity (Wildman–Crippen MR) is 140 cm³/mol. The van der Waals surface area contributed by atoms with Crippen LogP contribution in [-0.4, -0.2) is 66.7 Å². The van der Waals surface area contributed by atoms with Gasteiger partial charge in [-0.15, -0.1) is 0 Å². The van der Waals surface area contributed by atoms with Crippen LogP contribution in [0.15, 0.2) is 43.0 Å². The van der Waals surface area contributed by atoms with Gasteiger partial charge in [0, 0.05) is 0 Å². The summed E-state index contributed by atoms with van der Waals surface area (Å²) in [5.41, 5.74) is 6.19. The molecule has 0 radical (unpaired) electrons. The fourth-order valence-corrected chi connectivity index (χ4v) is 6.37. The largest absolute Gasteiger partial charge is 0.462 e. The van der Waals surface area contributed by atoms with Crippen LogP contribution in [0.5, 0.6) is 5.75 Å². The van der Waals surface area contributed by atoms with E-state index in [0.717, 1.165) is 0 Å². The van der Waals surface area contributed by atoms with Crippen molar-refractivity contribution in [1.29, 1.82) is 0 Å². The molecule has 6 atom stereocenters. The number of alkyl halides is 2. The maximum absolute atomic E-state index is 15.6. The molecular formula is C22H27ClFN6O6PS. The van der Waals surface area contributed by atoms with Gasteiger partial charge < -0.3 is 29.4 Å². The quantitative estimate of drug-likeness (QED) is 0.181. The van der Waals surface area contributed by atoms with Crippen LogP contribution < -0.4 is 15.3 Å². The number of hydrogen-bond acceptors (Lipinski definition) is 11. The number of hydrogen-bond donors (Lipinski definition) is 3. The number of fused-ring (bicyclic) bond motifs is 1. The van der Waals surface area contributed by atoms with Crippen molar-refractivity contribution < 1.29 is 32.8 Å². The van der Waals surface area contributed by atoms with Gasteiger partial charge in [0.05, 0.1) is 19.0 Å². The molecule has 16 heteroatoms. The summed E-state index contributed by atoms with van der Waals surface area (Å²) >= 11 is 11.8. The topological polar surface area (TPSA) is 156 Å².